The maximum atomic E-state index is 13.7. The summed E-state index contributed by atoms with van der Waals surface area (Å²) in [6.45, 7) is -0.759. The molecule has 32 heavy (non-hydrogen) atoms. The Labute approximate surface area is 179 Å². The van der Waals surface area contributed by atoms with E-state index in [2.05, 4.69) is 9.72 Å². The number of hydrogen-bond donors (Lipinski definition) is 4. The van der Waals surface area contributed by atoms with E-state index in [1.165, 1.54) is 31.5 Å². The van der Waals surface area contributed by atoms with E-state index in [1.807, 2.05) is 0 Å². The topological polar surface area (TPSA) is 139 Å². The third kappa shape index (κ3) is 4.84. The molecule has 0 bridgehead atoms. The van der Waals surface area contributed by atoms with Crippen molar-refractivity contribution in [2.75, 3.05) is 13.7 Å². The molecule has 4 N–H and O–H groups in total. The van der Waals surface area contributed by atoms with Crippen LogP contribution in [0, 0.1) is 0 Å². The van der Waals surface area contributed by atoms with Crippen LogP contribution >= 0.6 is 0 Å². The molecule has 174 valence electrons. The molecule has 0 saturated carbocycles. The molecule has 1 aromatic carbocycles. The van der Waals surface area contributed by atoms with E-state index in [4.69, 9.17) is 9.47 Å². The first-order valence-corrected chi connectivity index (χ1v) is 9.30. The maximum absolute atomic E-state index is 13.7. The van der Waals surface area contributed by atoms with Crippen LogP contribution in [0.4, 0.5) is 13.2 Å². The fourth-order valence-corrected chi connectivity index (χ4v) is 3.11. The lowest BCUT2D eigenvalue weighted by Crippen LogP contribution is -2.60. The van der Waals surface area contributed by atoms with Crippen LogP contribution in [-0.2, 0) is 15.7 Å². The van der Waals surface area contributed by atoms with Gasteiger partial charge in [-0.25, -0.2) is 9.78 Å². The molecule has 0 amide bonds. The minimum Gasteiger partial charge on any atom is -0.464 e. The molecule has 2 heterocycles. The molecular weight excluding hydrogens is 439 g/mol. The highest BCUT2D eigenvalue weighted by atomic mass is 19.4. The van der Waals surface area contributed by atoms with Gasteiger partial charge in [-0.1, -0.05) is 12.1 Å². The average Bonchev–Trinajstić information content (AvgIpc) is 2.78. The Kier molecular flexibility index (Phi) is 7.00. The highest BCUT2D eigenvalue weighted by Gasteiger charge is 2.45. The van der Waals surface area contributed by atoms with Gasteiger partial charge in [-0.05, 0) is 23.8 Å². The van der Waals surface area contributed by atoms with E-state index in [9.17, 15) is 38.4 Å². The number of aliphatic hydroxyl groups is 4. The molecule has 0 aliphatic carbocycles. The first kappa shape index (κ1) is 23.9. The van der Waals surface area contributed by atoms with Crippen molar-refractivity contribution in [2.24, 2.45) is 0 Å². The van der Waals surface area contributed by atoms with Crippen LogP contribution in [0.5, 0.6) is 5.75 Å². The summed E-state index contributed by atoms with van der Waals surface area (Å²) in [7, 11) is 1.17. The number of aliphatic hydroxyl groups excluding tert-OH is 4. The monoisotopic (exact) mass is 459 g/mol. The van der Waals surface area contributed by atoms with Gasteiger partial charge in [0, 0.05) is 11.8 Å². The number of ether oxygens (including phenoxy) is 3. The van der Waals surface area contributed by atoms with Crippen molar-refractivity contribution >= 4 is 5.97 Å². The molecule has 3 rings (SSSR count). The van der Waals surface area contributed by atoms with Gasteiger partial charge in [0.2, 0.25) is 6.29 Å². The van der Waals surface area contributed by atoms with E-state index >= 15 is 0 Å². The predicted octanol–water partition coefficient (Wildman–Crippen LogP) is 0.733. The van der Waals surface area contributed by atoms with E-state index in [1.54, 1.807) is 0 Å². The molecule has 5 atom stereocenters. The van der Waals surface area contributed by atoms with Gasteiger partial charge < -0.3 is 34.6 Å². The summed E-state index contributed by atoms with van der Waals surface area (Å²) in [5.41, 5.74) is -0.830. The molecule has 1 saturated heterocycles. The zero-order chi connectivity index (χ0) is 23.6. The van der Waals surface area contributed by atoms with Crippen molar-refractivity contribution in [2.45, 2.75) is 36.9 Å². The zero-order valence-electron chi connectivity index (χ0n) is 16.6. The number of aromatic nitrogens is 1. The van der Waals surface area contributed by atoms with Gasteiger partial charge in [-0.3, -0.25) is 0 Å². The summed E-state index contributed by atoms with van der Waals surface area (Å²) in [4.78, 5) is 15.3. The van der Waals surface area contributed by atoms with Gasteiger partial charge in [-0.15, -0.1) is 0 Å². The zero-order valence-corrected chi connectivity index (χ0v) is 16.6. The number of nitrogens with zero attached hydrogens (tertiary/aromatic N) is 1. The number of carbonyl (C=O) groups is 1. The maximum Gasteiger partial charge on any atom is 0.419 e. The molecule has 0 radical (unpaired) electrons. The molecule has 1 fully saturated rings. The average molecular weight is 459 g/mol. The van der Waals surface area contributed by atoms with Crippen molar-refractivity contribution in [3.8, 4) is 16.9 Å². The van der Waals surface area contributed by atoms with Crippen LogP contribution in [0.25, 0.3) is 11.1 Å². The first-order chi connectivity index (χ1) is 15.1. The molecule has 1 aromatic heterocycles. The van der Waals surface area contributed by atoms with Gasteiger partial charge in [0.05, 0.1) is 19.3 Å². The second-order valence-electron chi connectivity index (χ2n) is 6.95. The minimum absolute atomic E-state index is 0.0186. The lowest BCUT2D eigenvalue weighted by atomic mass is 9.99. The van der Waals surface area contributed by atoms with Gasteiger partial charge >= 0.3 is 12.1 Å². The summed E-state index contributed by atoms with van der Waals surface area (Å²) in [5.74, 6) is -1.40. The minimum atomic E-state index is -4.86. The number of rotatable bonds is 5. The normalized spacial score (nSPS) is 25.9. The number of halogens is 3. The fourth-order valence-electron chi connectivity index (χ4n) is 3.11. The van der Waals surface area contributed by atoms with E-state index < -0.39 is 60.8 Å². The third-order valence-electron chi connectivity index (χ3n) is 4.87. The Balaban J connectivity index is 1.92. The number of methoxy groups -OCH3 is 1. The van der Waals surface area contributed by atoms with Crippen LogP contribution in [-0.4, -0.2) is 75.8 Å². The lowest BCUT2D eigenvalue weighted by Gasteiger charge is -2.39. The highest BCUT2D eigenvalue weighted by Crippen LogP contribution is 2.40. The van der Waals surface area contributed by atoms with Crippen LogP contribution in [0.3, 0.4) is 0 Å². The van der Waals surface area contributed by atoms with Gasteiger partial charge in [-0.2, -0.15) is 13.2 Å². The molecule has 0 unspecified atom stereocenters. The van der Waals surface area contributed by atoms with Gasteiger partial charge in [0.25, 0.3) is 0 Å². The Morgan fingerprint density at radius 3 is 2.34 bits per heavy atom. The fraction of sp³-hybridized carbons (Fsp3) is 0.400. The van der Waals surface area contributed by atoms with Crippen molar-refractivity contribution in [1.82, 2.24) is 4.98 Å². The molecule has 0 spiro atoms. The molecular formula is C20H20F3NO8. The number of benzene rings is 1. The number of hydrogen-bond acceptors (Lipinski definition) is 9. The number of pyridine rings is 1. The second kappa shape index (κ2) is 9.38. The largest absolute Gasteiger partial charge is 0.464 e. The summed E-state index contributed by atoms with van der Waals surface area (Å²) in [6, 6.07) is 5.77. The van der Waals surface area contributed by atoms with Crippen molar-refractivity contribution in [1.29, 1.82) is 0 Å². The van der Waals surface area contributed by atoms with E-state index in [-0.39, 0.29) is 16.8 Å². The number of alkyl halides is 3. The van der Waals surface area contributed by atoms with Crippen LogP contribution < -0.4 is 4.74 Å². The lowest BCUT2D eigenvalue weighted by molar-refractivity contribution is -0.278. The predicted molar refractivity (Wildman–Crippen MR) is 100 cm³/mol. The van der Waals surface area contributed by atoms with Crippen LogP contribution in [0.15, 0.2) is 36.5 Å². The number of esters is 1. The van der Waals surface area contributed by atoms with Gasteiger partial charge in [0.15, 0.2) is 0 Å². The highest BCUT2D eigenvalue weighted by molar-refractivity contribution is 5.87. The van der Waals surface area contributed by atoms with Gasteiger partial charge in [0.1, 0.15) is 35.9 Å². The van der Waals surface area contributed by atoms with E-state index in [0.29, 0.717) is 0 Å². The van der Waals surface area contributed by atoms with Crippen LogP contribution in [0.1, 0.15) is 16.1 Å². The third-order valence-corrected chi connectivity index (χ3v) is 4.87. The standard InChI is InChI=1S/C20H20F3NO8/c1-30-18(29)12-4-2-10(7-24-12)9-3-5-13(11(6-9)20(21,22)23)31-19-17(28)16(27)15(26)14(8-25)32-19/h2-7,14-17,19,25-28H,8H2,1H3/t14-,15-,16+,17+,19+/m1/s1. The van der Waals surface area contributed by atoms with Crippen LogP contribution in [0.2, 0.25) is 0 Å². The van der Waals surface area contributed by atoms with Crippen molar-refractivity contribution in [3.05, 3.63) is 47.8 Å². The summed E-state index contributed by atoms with van der Waals surface area (Å²) in [6.07, 6.45) is -12.1. The molecule has 2 aromatic rings. The van der Waals surface area contributed by atoms with Crippen molar-refractivity contribution < 1.29 is 52.6 Å². The second-order valence-corrected chi connectivity index (χ2v) is 6.95. The Morgan fingerprint density at radius 1 is 1.09 bits per heavy atom. The molecule has 1 aliphatic heterocycles. The molecule has 1 aliphatic rings. The Morgan fingerprint density at radius 2 is 1.78 bits per heavy atom. The number of carbonyl (C=O) groups excluding carboxylic acids is 1. The van der Waals surface area contributed by atoms with Crippen molar-refractivity contribution in [3.63, 3.8) is 0 Å². The molecule has 9 nitrogen and oxygen atoms in total. The van der Waals surface area contributed by atoms with E-state index in [0.717, 1.165) is 12.1 Å². The smallest absolute Gasteiger partial charge is 0.419 e. The quantitative estimate of drug-likeness (QED) is 0.477. The first-order valence-electron chi connectivity index (χ1n) is 9.30. The Bertz CT molecular complexity index is 951. The molecule has 12 heteroatoms. The Hall–Kier alpha value is -2.77. The summed E-state index contributed by atoms with van der Waals surface area (Å²) >= 11 is 0. The summed E-state index contributed by atoms with van der Waals surface area (Å²) < 4.78 is 55.9. The SMILES string of the molecule is COC(=O)c1ccc(-c2ccc(O[C@H]3O[C@H](CO)[C@@H](O)[C@H](O)[C@@H]3O)c(C(F)(F)F)c2)cn1. The summed E-state index contributed by atoms with van der Waals surface area (Å²) in [5, 5.41) is 38.9.